The Balaban J connectivity index is 1.92. The van der Waals surface area contributed by atoms with E-state index in [2.05, 4.69) is 43.8 Å². The summed E-state index contributed by atoms with van der Waals surface area (Å²) < 4.78 is 0. The van der Waals surface area contributed by atoms with Crippen LogP contribution < -0.4 is 0 Å². The standard InChI is InChI=1S/C24H32O/c1-3-5-6-7-8-9-10-13-23-22(12-11-14-24(23)25)19-21-17-15-20(4-2)16-18-21/h4,11-12,14-18,25H,2-3,5-10,13,19H2,1H3. The van der Waals surface area contributed by atoms with E-state index in [0.29, 0.717) is 5.75 Å². The minimum atomic E-state index is 0.450. The predicted octanol–water partition coefficient (Wildman–Crippen LogP) is 6.92. The van der Waals surface area contributed by atoms with Crippen molar-refractivity contribution in [3.05, 3.63) is 71.3 Å². The van der Waals surface area contributed by atoms with Gasteiger partial charge >= 0.3 is 0 Å². The Bertz CT molecular complexity index is 640. The largest absolute Gasteiger partial charge is 0.508 e. The first-order valence-corrected chi connectivity index (χ1v) is 9.75. The first-order valence-electron chi connectivity index (χ1n) is 9.75. The maximum absolute atomic E-state index is 10.3. The summed E-state index contributed by atoms with van der Waals surface area (Å²) in [6, 6.07) is 14.4. The summed E-state index contributed by atoms with van der Waals surface area (Å²) in [7, 11) is 0. The number of phenols is 1. The highest BCUT2D eigenvalue weighted by atomic mass is 16.3. The highest BCUT2D eigenvalue weighted by molar-refractivity contribution is 5.48. The zero-order valence-corrected chi connectivity index (χ0v) is 15.6. The summed E-state index contributed by atoms with van der Waals surface area (Å²) in [6.07, 6.45) is 12.8. The highest BCUT2D eigenvalue weighted by Crippen LogP contribution is 2.26. The minimum Gasteiger partial charge on any atom is -0.508 e. The molecule has 134 valence electrons. The Morgan fingerprint density at radius 3 is 2.24 bits per heavy atom. The normalized spacial score (nSPS) is 10.8. The van der Waals surface area contributed by atoms with E-state index >= 15 is 0 Å². The molecule has 0 saturated heterocycles. The van der Waals surface area contributed by atoms with E-state index in [-0.39, 0.29) is 0 Å². The molecular formula is C24H32O. The van der Waals surface area contributed by atoms with E-state index in [1.165, 1.54) is 49.7 Å². The predicted molar refractivity (Wildman–Crippen MR) is 109 cm³/mol. The third-order valence-corrected chi connectivity index (χ3v) is 4.89. The molecule has 0 heterocycles. The number of hydrogen-bond acceptors (Lipinski definition) is 1. The topological polar surface area (TPSA) is 20.2 Å². The second-order valence-corrected chi connectivity index (χ2v) is 6.91. The molecule has 2 aromatic rings. The van der Waals surface area contributed by atoms with E-state index in [0.717, 1.165) is 30.4 Å². The number of rotatable bonds is 11. The Labute approximate surface area is 153 Å². The second kappa shape index (κ2) is 10.8. The summed E-state index contributed by atoms with van der Waals surface area (Å²) in [4.78, 5) is 0. The molecule has 1 nitrogen and oxygen atoms in total. The Hall–Kier alpha value is -2.02. The molecule has 1 heteroatoms. The Kier molecular flexibility index (Phi) is 8.31. The second-order valence-electron chi connectivity index (χ2n) is 6.91. The summed E-state index contributed by atoms with van der Waals surface area (Å²) >= 11 is 0. The Morgan fingerprint density at radius 2 is 1.56 bits per heavy atom. The van der Waals surface area contributed by atoms with E-state index in [1.54, 1.807) is 0 Å². The summed E-state index contributed by atoms with van der Waals surface area (Å²) in [5, 5.41) is 10.3. The number of unbranched alkanes of at least 4 members (excludes halogenated alkanes) is 6. The smallest absolute Gasteiger partial charge is 0.119 e. The molecule has 0 aliphatic carbocycles. The van der Waals surface area contributed by atoms with Gasteiger partial charge in [-0.05, 0) is 47.6 Å². The van der Waals surface area contributed by atoms with Gasteiger partial charge in [0.1, 0.15) is 5.75 Å². The SMILES string of the molecule is C=Cc1ccc(Cc2cccc(O)c2CCCCCCCCC)cc1. The maximum Gasteiger partial charge on any atom is 0.119 e. The van der Waals surface area contributed by atoms with E-state index in [1.807, 2.05) is 18.2 Å². The van der Waals surface area contributed by atoms with Crippen LogP contribution in [0.2, 0.25) is 0 Å². The monoisotopic (exact) mass is 336 g/mol. The first kappa shape index (κ1) is 19.3. The molecule has 2 rings (SSSR count). The van der Waals surface area contributed by atoms with Gasteiger partial charge in [0.2, 0.25) is 0 Å². The zero-order chi connectivity index (χ0) is 17.9. The molecule has 0 unspecified atom stereocenters. The van der Waals surface area contributed by atoms with Crippen LogP contribution in [0.5, 0.6) is 5.75 Å². The van der Waals surface area contributed by atoms with Gasteiger partial charge in [0, 0.05) is 0 Å². The van der Waals surface area contributed by atoms with Crippen molar-refractivity contribution in [1.29, 1.82) is 0 Å². The molecule has 0 aliphatic heterocycles. The van der Waals surface area contributed by atoms with Crippen LogP contribution in [-0.2, 0) is 12.8 Å². The maximum atomic E-state index is 10.3. The van der Waals surface area contributed by atoms with Crippen LogP contribution in [0.3, 0.4) is 0 Å². The fraction of sp³-hybridized carbons (Fsp3) is 0.417. The van der Waals surface area contributed by atoms with Gasteiger partial charge in [-0.25, -0.2) is 0 Å². The summed E-state index contributed by atoms with van der Waals surface area (Å²) in [6.45, 7) is 6.06. The van der Waals surface area contributed by atoms with Crippen LogP contribution in [-0.4, -0.2) is 5.11 Å². The van der Waals surface area contributed by atoms with Crippen LogP contribution in [0.1, 0.15) is 74.1 Å². The van der Waals surface area contributed by atoms with Gasteiger partial charge < -0.3 is 5.11 Å². The molecule has 0 saturated carbocycles. The third-order valence-electron chi connectivity index (χ3n) is 4.89. The minimum absolute atomic E-state index is 0.450. The molecule has 2 aromatic carbocycles. The summed E-state index contributed by atoms with van der Waals surface area (Å²) in [5.41, 5.74) is 4.79. The molecule has 0 amide bonds. The van der Waals surface area contributed by atoms with Crippen LogP contribution in [0.25, 0.3) is 6.08 Å². The lowest BCUT2D eigenvalue weighted by atomic mass is 9.94. The van der Waals surface area contributed by atoms with Crippen molar-refractivity contribution in [3.8, 4) is 5.75 Å². The zero-order valence-electron chi connectivity index (χ0n) is 15.6. The fourth-order valence-electron chi connectivity index (χ4n) is 3.33. The molecule has 25 heavy (non-hydrogen) atoms. The molecule has 0 aliphatic rings. The molecule has 0 radical (unpaired) electrons. The average Bonchev–Trinajstić information content (AvgIpc) is 2.63. The lowest BCUT2D eigenvalue weighted by Crippen LogP contribution is -1.97. The van der Waals surface area contributed by atoms with Gasteiger partial charge in [-0.3, -0.25) is 0 Å². The van der Waals surface area contributed by atoms with Gasteiger partial charge in [-0.1, -0.05) is 94.5 Å². The summed E-state index contributed by atoms with van der Waals surface area (Å²) in [5.74, 6) is 0.450. The Morgan fingerprint density at radius 1 is 0.880 bits per heavy atom. The van der Waals surface area contributed by atoms with Crippen molar-refractivity contribution in [2.75, 3.05) is 0 Å². The van der Waals surface area contributed by atoms with Crippen molar-refractivity contribution in [1.82, 2.24) is 0 Å². The lowest BCUT2D eigenvalue weighted by Gasteiger charge is -2.12. The van der Waals surface area contributed by atoms with Crippen molar-refractivity contribution < 1.29 is 5.11 Å². The average molecular weight is 337 g/mol. The van der Waals surface area contributed by atoms with Crippen LogP contribution in [0.4, 0.5) is 0 Å². The van der Waals surface area contributed by atoms with E-state index < -0.39 is 0 Å². The first-order chi connectivity index (χ1) is 12.2. The van der Waals surface area contributed by atoms with Crippen molar-refractivity contribution in [2.24, 2.45) is 0 Å². The van der Waals surface area contributed by atoms with E-state index in [4.69, 9.17) is 0 Å². The lowest BCUT2D eigenvalue weighted by molar-refractivity contribution is 0.465. The van der Waals surface area contributed by atoms with Crippen molar-refractivity contribution in [2.45, 2.75) is 64.7 Å². The van der Waals surface area contributed by atoms with Gasteiger partial charge in [0.05, 0.1) is 0 Å². The van der Waals surface area contributed by atoms with Crippen molar-refractivity contribution in [3.63, 3.8) is 0 Å². The molecule has 0 aromatic heterocycles. The quantitative estimate of drug-likeness (QED) is 0.442. The molecule has 0 atom stereocenters. The molecule has 1 N–H and O–H groups in total. The van der Waals surface area contributed by atoms with Gasteiger partial charge in [-0.15, -0.1) is 0 Å². The van der Waals surface area contributed by atoms with Gasteiger partial charge in [0.25, 0.3) is 0 Å². The third kappa shape index (κ3) is 6.42. The van der Waals surface area contributed by atoms with Crippen molar-refractivity contribution >= 4 is 6.08 Å². The molecule has 0 spiro atoms. The van der Waals surface area contributed by atoms with Gasteiger partial charge in [-0.2, -0.15) is 0 Å². The van der Waals surface area contributed by atoms with Gasteiger partial charge in [0.15, 0.2) is 0 Å². The van der Waals surface area contributed by atoms with Crippen LogP contribution in [0.15, 0.2) is 49.0 Å². The number of phenolic OH excluding ortho intramolecular Hbond substituents is 1. The number of benzene rings is 2. The number of aromatic hydroxyl groups is 1. The van der Waals surface area contributed by atoms with Crippen LogP contribution >= 0.6 is 0 Å². The highest BCUT2D eigenvalue weighted by Gasteiger charge is 2.08. The molecular weight excluding hydrogens is 304 g/mol. The fourth-order valence-corrected chi connectivity index (χ4v) is 3.33. The number of hydrogen-bond donors (Lipinski definition) is 1. The van der Waals surface area contributed by atoms with Crippen LogP contribution in [0, 0.1) is 0 Å². The van der Waals surface area contributed by atoms with E-state index in [9.17, 15) is 5.11 Å². The molecule has 0 fully saturated rings. The molecule has 0 bridgehead atoms.